The fourth-order valence-corrected chi connectivity index (χ4v) is 2.86. The van der Waals surface area contributed by atoms with E-state index in [9.17, 15) is 12.8 Å². The lowest BCUT2D eigenvalue weighted by molar-refractivity contribution is 0.281. The number of aliphatic hydroxyl groups excluding tert-OH is 1. The Bertz CT molecular complexity index is 761. The number of halogens is 2. The summed E-state index contributed by atoms with van der Waals surface area (Å²) in [7, 11) is -3.97. The Morgan fingerprint density at radius 2 is 2.14 bits per heavy atom. The van der Waals surface area contributed by atoms with E-state index in [-0.39, 0.29) is 22.0 Å². The standard InChI is InChI=1S/C12H12ClFN2O4S/c1-7-2-9(20-16-7)5-15-21(18,19)10-3-8(6-17)12(13)11(14)4-10/h2-4,15,17H,5-6H2,1H3. The van der Waals surface area contributed by atoms with Crippen LogP contribution in [-0.4, -0.2) is 18.7 Å². The molecule has 2 rings (SSSR count). The van der Waals surface area contributed by atoms with Gasteiger partial charge in [0.25, 0.3) is 0 Å². The molecule has 2 N–H and O–H groups in total. The Labute approximate surface area is 125 Å². The van der Waals surface area contributed by atoms with Crippen molar-refractivity contribution in [3.8, 4) is 0 Å². The second kappa shape index (κ2) is 6.10. The van der Waals surface area contributed by atoms with Crippen molar-refractivity contribution in [3.63, 3.8) is 0 Å². The van der Waals surface area contributed by atoms with Crippen LogP contribution in [0.1, 0.15) is 17.0 Å². The fraction of sp³-hybridized carbons (Fsp3) is 0.250. The summed E-state index contributed by atoms with van der Waals surface area (Å²) in [5.41, 5.74) is 0.608. The van der Waals surface area contributed by atoms with Gasteiger partial charge in [-0.3, -0.25) is 0 Å². The van der Waals surface area contributed by atoms with Gasteiger partial charge in [-0.1, -0.05) is 16.8 Å². The van der Waals surface area contributed by atoms with Crippen LogP contribution < -0.4 is 4.72 Å². The van der Waals surface area contributed by atoms with Crippen molar-refractivity contribution in [3.05, 3.63) is 46.1 Å². The van der Waals surface area contributed by atoms with Crippen LogP contribution in [0.15, 0.2) is 27.6 Å². The summed E-state index contributed by atoms with van der Waals surface area (Å²) >= 11 is 5.62. The van der Waals surface area contributed by atoms with Gasteiger partial charge in [-0.05, 0) is 19.1 Å². The van der Waals surface area contributed by atoms with Gasteiger partial charge in [0.2, 0.25) is 10.0 Å². The summed E-state index contributed by atoms with van der Waals surface area (Å²) in [5.74, 6) is -0.591. The number of aromatic nitrogens is 1. The van der Waals surface area contributed by atoms with Crippen LogP contribution in [0.3, 0.4) is 0 Å². The highest BCUT2D eigenvalue weighted by Crippen LogP contribution is 2.24. The number of hydrogen-bond donors (Lipinski definition) is 2. The van der Waals surface area contributed by atoms with Crippen molar-refractivity contribution < 1.29 is 22.4 Å². The summed E-state index contributed by atoms with van der Waals surface area (Å²) in [6, 6.07) is 3.47. The van der Waals surface area contributed by atoms with Gasteiger partial charge in [-0.25, -0.2) is 17.5 Å². The molecule has 0 aliphatic heterocycles. The number of nitrogens with one attached hydrogen (secondary N) is 1. The molecule has 0 unspecified atom stereocenters. The van der Waals surface area contributed by atoms with Gasteiger partial charge in [0.05, 0.1) is 28.8 Å². The summed E-state index contributed by atoms with van der Waals surface area (Å²) < 4.78 is 44.8. The van der Waals surface area contributed by atoms with Crippen LogP contribution in [0.5, 0.6) is 0 Å². The van der Waals surface area contributed by atoms with Gasteiger partial charge >= 0.3 is 0 Å². The smallest absolute Gasteiger partial charge is 0.241 e. The fourth-order valence-electron chi connectivity index (χ4n) is 1.64. The van der Waals surface area contributed by atoms with Gasteiger partial charge < -0.3 is 9.63 Å². The van der Waals surface area contributed by atoms with Crippen LogP contribution in [0.25, 0.3) is 0 Å². The maximum absolute atomic E-state index is 13.6. The third-order valence-electron chi connectivity index (χ3n) is 2.67. The Balaban J connectivity index is 2.25. The predicted molar refractivity (Wildman–Crippen MR) is 72.6 cm³/mol. The quantitative estimate of drug-likeness (QED) is 0.869. The van der Waals surface area contributed by atoms with Gasteiger partial charge in [0.15, 0.2) is 5.76 Å². The van der Waals surface area contributed by atoms with Crippen LogP contribution in [0.4, 0.5) is 4.39 Å². The van der Waals surface area contributed by atoms with Gasteiger partial charge in [-0.15, -0.1) is 0 Å². The molecule has 9 heteroatoms. The monoisotopic (exact) mass is 334 g/mol. The maximum Gasteiger partial charge on any atom is 0.241 e. The molecule has 114 valence electrons. The topological polar surface area (TPSA) is 92.4 Å². The zero-order chi connectivity index (χ0) is 15.6. The molecule has 21 heavy (non-hydrogen) atoms. The second-order valence-electron chi connectivity index (χ2n) is 4.30. The Hall–Kier alpha value is -1.48. The number of aliphatic hydroxyl groups is 1. The first-order chi connectivity index (χ1) is 9.83. The lowest BCUT2D eigenvalue weighted by Crippen LogP contribution is -2.23. The van der Waals surface area contributed by atoms with E-state index in [1.54, 1.807) is 13.0 Å². The van der Waals surface area contributed by atoms with E-state index >= 15 is 0 Å². The molecule has 1 heterocycles. The Kier molecular flexibility index (Phi) is 4.62. The molecular weight excluding hydrogens is 323 g/mol. The molecule has 0 spiro atoms. The van der Waals surface area contributed by atoms with E-state index in [0.29, 0.717) is 11.5 Å². The van der Waals surface area contributed by atoms with Crippen LogP contribution in [0.2, 0.25) is 5.02 Å². The second-order valence-corrected chi connectivity index (χ2v) is 6.44. The lowest BCUT2D eigenvalue weighted by atomic mass is 10.2. The van der Waals surface area contributed by atoms with E-state index < -0.39 is 22.4 Å². The number of hydrogen-bond acceptors (Lipinski definition) is 5. The Morgan fingerprint density at radius 3 is 2.71 bits per heavy atom. The molecule has 2 aromatic rings. The number of sulfonamides is 1. The van der Waals surface area contributed by atoms with Crippen LogP contribution in [-0.2, 0) is 23.2 Å². The molecule has 0 saturated carbocycles. The Morgan fingerprint density at radius 1 is 1.43 bits per heavy atom. The van der Waals surface area contributed by atoms with Crippen molar-refractivity contribution in [2.45, 2.75) is 25.0 Å². The average Bonchev–Trinajstić information content (AvgIpc) is 2.85. The van der Waals surface area contributed by atoms with Crippen molar-refractivity contribution >= 4 is 21.6 Å². The molecule has 0 atom stereocenters. The SMILES string of the molecule is Cc1cc(CNS(=O)(=O)c2cc(F)c(Cl)c(CO)c2)on1. The van der Waals surface area contributed by atoms with Crippen molar-refractivity contribution in [2.75, 3.05) is 0 Å². The first-order valence-electron chi connectivity index (χ1n) is 5.84. The highest BCUT2D eigenvalue weighted by Gasteiger charge is 2.19. The third kappa shape index (κ3) is 3.59. The molecule has 0 aliphatic carbocycles. The van der Waals surface area contributed by atoms with E-state index in [0.717, 1.165) is 12.1 Å². The number of nitrogens with zero attached hydrogens (tertiary/aromatic N) is 1. The molecule has 0 saturated heterocycles. The van der Waals surface area contributed by atoms with Crippen molar-refractivity contribution in [1.82, 2.24) is 9.88 Å². The molecule has 0 amide bonds. The molecule has 1 aromatic heterocycles. The number of aryl methyl sites for hydroxylation is 1. The molecule has 6 nitrogen and oxygen atoms in total. The average molecular weight is 335 g/mol. The molecule has 0 aliphatic rings. The normalized spacial score (nSPS) is 11.8. The zero-order valence-corrected chi connectivity index (χ0v) is 12.5. The molecule has 0 radical (unpaired) electrons. The molecular formula is C12H12ClFN2O4S. The maximum atomic E-state index is 13.6. The minimum Gasteiger partial charge on any atom is -0.392 e. The van der Waals surface area contributed by atoms with Crippen LogP contribution >= 0.6 is 11.6 Å². The minimum absolute atomic E-state index is 0.00690. The van der Waals surface area contributed by atoms with Gasteiger partial charge in [0, 0.05) is 11.6 Å². The first kappa shape index (κ1) is 15.9. The van der Waals surface area contributed by atoms with Gasteiger partial charge in [-0.2, -0.15) is 0 Å². The summed E-state index contributed by atoms with van der Waals surface area (Å²) in [4.78, 5) is -0.329. The van der Waals surface area contributed by atoms with Crippen molar-refractivity contribution in [1.29, 1.82) is 0 Å². The summed E-state index contributed by atoms with van der Waals surface area (Å²) in [6.45, 7) is 1.01. The summed E-state index contributed by atoms with van der Waals surface area (Å²) in [5, 5.41) is 12.4. The highest BCUT2D eigenvalue weighted by molar-refractivity contribution is 7.89. The first-order valence-corrected chi connectivity index (χ1v) is 7.70. The van der Waals surface area contributed by atoms with E-state index in [2.05, 4.69) is 9.88 Å². The largest absolute Gasteiger partial charge is 0.392 e. The minimum atomic E-state index is -3.97. The number of benzene rings is 1. The highest BCUT2D eigenvalue weighted by atomic mass is 35.5. The third-order valence-corrected chi connectivity index (χ3v) is 4.47. The summed E-state index contributed by atoms with van der Waals surface area (Å²) in [6.07, 6.45) is 0. The van der Waals surface area contributed by atoms with Crippen molar-refractivity contribution in [2.24, 2.45) is 0 Å². The molecule has 1 aromatic carbocycles. The van der Waals surface area contributed by atoms with E-state index in [1.807, 2.05) is 0 Å². The number of rotatable bonds is 5. The molecule has 0 fully saturated rings. The van der Waals surface area contributed by atoms with Gasteiger partial charge in [0.1, 0.15) is 5.82 Å². The lowest BCUT2D eigenvalue weighted by Gasteiger charge is -2.08. The van der Waals surface area contributed by atoms with Crippen LogP contribution in [0, 0.1) is 12.7 Å². The van der Waals surface area contributed by atoms with E-state index in [4.69, 9.17) is 21.2 Å². The van der Waals surface area contributed by atoms with E-state index in [1.165, 1.54) is 0 Å². The zero-order valence-electron chi connectivity index (χ0n) is 10.9. The molecule has 0 bridgehead atoms. The predicted octanol–water partition coefficient (Wildman–Crippen LogP) is 1.75.